The lowest BCUT2D eigenvalue weighted by molar-refractivity contribution is -0.137. The highest BCUT2D eigenvalue weighted by molar-refractivity contribution is 9.10. The predicted octanol–water partition coefficient (Wildman–Crippen LogP) is 4.15. The standard InChI is InChI=1S/C13H20BrNO2S/c1-9(2)15(6-4-5-13(16)17)10(3)12-7-11(14)8-18-12/h7-10H,4-6H2,1-3H3,(H,16,17). The Morgan fingerprint density at radius 1 is 1.50 bits per heavy atom. The molecule has 0 radical (unpaired) electrons. The Labute approximate surface area is 121 Å². The number of thiophene rings is 1. The summed E-state index contributed by atoms with van der Waals surface area (Å²) in [4.78, 5) is 14.2. The summed E-state index contributed by atoms with van der Waals surface area (Å²) < 4.78 is 1.11. The number of rotatable bonds is 7. The lowest BCUT2D eigenvalue weighted by Crippen LogP contribution is -2.34. The number of carboxylic acids is 1. The van der Waals surface area contributed by atoms with Crippen LogP contribution >= 0.6 is 27.3 Å². The van der Waals surface area contributed by atoms with Crippen molar-refractivity contribution in [1.82, 2.24) is 4.90 Å². The molecule has 18 heavy (non-hydrogen) atoms. The molecule has 102 valence electrons. The molecule has 1 heterocycles. The fraction of sp³-hybridized carbons (Fsp3) is 0.615. The third-order valence-electron chi connectivity index (χ3n) is 2.97. The second-order valence-corrected chi connectivity index (χ2v) is 6.53. The summed E-state index contributed by atoms with van der Waals surface area (Å²) in [6, 6.07) is 2.88. The van der Waals surface area contributed by atoms with Crippen molar-refractivity contribution in [3.05, 3.63) is 20.8 Å². The van der Waals surface area contributed by atoms with Crippen LogP contribution in [0.2, 0.25) is 0 Å². The van der Waals surface area contributed by atoms with Gasteiger partial charge in [-0.15, -0.1) is 11.3 Å². The number of carbonyl (C=O) groups is 1. The highest BCUT2D eigenvalue weighted by Gasteiger charge is 2.19. The van der Waals surface area contributed by atoms with Crippen LogP contribution in [0.4, 0.5) is 0 Å². The molecule has 0 bridgehead atoms. The van der Waals surface area contributed by atoms with Crippen LogP contribution in [0.5, 0.6) is 0 Å². The van der Waals surface area contributed by atoms with E-state index in [2.05, 4.69) is 53.0 Å². The molecular weight excluding hydrogens is 314 g/mol. The van der Waals surface area contributed by atoms with Gasteiger partial charge in [0, 0.05) is 33.2 Å². The van der Waals surface area contributed by atoms with E-state index in [4.69, 9.17) is 5.11 Å². The van der Waals surface area contributed by atoms with Crippen molar-refractivity contribution in [3.63, 3.8) is 0 Å². The summed E-state index contributed by atoms with van der Waals surface area (Å²) in [6.07, 6.45) is 0.939. The maximum atomic E-state index is 10.6. The van der Waals surface area contributed by atoms with Crippen molar-refractivity contribution in [1.29, 1.82) is 0 Å². The maximum absolute atomic E-state index is 10.6. The zero-order valence-electron chi connectivity index (χ0n) is 11.0. The quantitative estimate of drug-likeness (QED) is 0.814. The van der Waals surface area contributed by atoms with Crippen molar-refractivity contribution < 1.29 is 9.90 Å². The van der Waals surface area contributed by atoms with Crippen LogP contribution in [0, 0.1) is 0 Å². The van der Waals surface area contributed by atoms with Crippen LogP contribution in [-0.4, -0.2) is 28.6 Å². The number of hydrogen-bond donors (Lipinski definition) is 1. The Morgan fingerprint density at radius 2 is 2.17 bits per heavy atom. The van der Waals surface area contributed by atoms with Crippen molar-refractivity contribution in [2.45, 2.75) is 45.7 Å². The maximum Gasteiger partial charge on any atom is 0.303 e. The van der Waals surface area contributed by atoms with Crippen LogP contribution in [0.3, 0.4) is 0 Å². The number of nitrogens with zero attached hydrogens (tertiary/aromatic N) is 1. The Kier molecular flexibility index (Phi) is 6.32. The zero-order valence-corrected chi connectivity index (χ0v) is 13.4. The summed E-state index contributed by atoms with van der Waals surface area (Å²) >= 11 is 5.21. The molecule has 0 spiro atoms. The van der Waals surface area contributed by atoms with Gasteiger partial charge in [0.2, 0.25) is 0 Å². The van der Waals surface area contributed by atoms with Crippen LogP contribution in [0.25, 0.3) is 0 Å². The first-order valence-electron chi connectivity index (χ1n) is 6.13. The molecule has 1 aromatic heterocycles. The van der Waals surface area contributed by atoms with Gasteiger partial charge < -0.3 is 5.11 Å². The van der Waals surface area contributed by atoms with E-state index in [1.54, 1.807) is 11.3 Å². The molecule has 1 unspecified atom stereocenters. The zero-order chi connectivity index (χ0) is 13.7. The molecule has 1 aromatic rings. The van der Waals surface area contributed by atoms with E-state index in [1.165, 1.54) is 4.88 Å². The van der Waals surface area contributed by atoms with Crippen LogP contribution in [0.1, 0.15) is 44.5 Å². The average molecular weight is 334 g/mol. The van der Waals surface area contributed by atoms with E-state index >= 15 is 0 Å². The van der Waals surface area contributed by atoms with Gasteiger partial charge in [0.05, 0.1) is 0 Å². The van der Waals surface area contributed by atoms with Crippen molar-refractivity contribution >= 4 is 33.2 Å². The highest BCUT2D eigenvalue weighted by atomic mass is 79.9. The number of aliphatic carboxylic acids is 1. The molecule has 3 nitrogen and oxygen atoms in total. The minimum absolute atomic E-state index is 0.240. The normalized spacial score (nSPS) is 13.2. The largest absolute Gasteiger partial charge is 0.481 e. The summed E-state index contributed by atoms with van der Waals surface area (Å²) in [6.45, 7) is 7.31. The van der Waals surface area contributed by atoms with Gasteiger partial charge in [-0.05, 0) is 55.7 Å². The minimum atomic E-state index is -0.717. The van der Waals surface area contributed by atoms with E-state index < -0.39 is 5.97 Å². The van der Waals surface area contributed by atoms with Crippen molar-refractivity contribution in [2.75, 3.05) is 6.54 Å². The van der Waals surface area contributed by atoms with Gasteiger partial charge in [-0.2, -0.15) is 0 Å². The smallest absolute Gasteiger partial charge is 0.303 e. The van der Waals surface area contributed by atoms with Gasteiger partial charge in [0.25, 0.3) is 0 Å². The molecule has 0 amide bonds. The van der Waals surface area contributed by atoms with Crippen LogP contribution in [0.15, 0.2) is 15.9 Å². The first-order chi connectivity index (χ1) is 8.41. The van der Waals surface area contributed by atoms with Crippen LogP contribution < -0.4 is 0 Å². The average Bonchev–Trinajstić information content (AvgIpc) is 2.69. The summed E-state index contributed by atoms with van der Waals surface area (Å²) in [5, 5.41) is 10.8. The van der Waals surface area contributed by atoms with Crippen molar-refractivity contribution in [2.24, 2.45) is 0 Å². The van der Waals surface area contributed by atoms with Crippen LogP contribution in [-0.2, 0) is 4.79 Å². The van der Waals surface area contributed by atoms with Gasteiger partial charge in [0.1, 0.15) is 0 Å². The Balaban J connectivity index is 2.63. The molecule has 0 saturated carbocycles. The third kappa shape index (κ3) is 4.71. The molecule has 1 rings (SSSR count). The molecule has 0 fully saturated rings. The first kappa shape index (κ1) is 15.7. The second-order valence-electron chi connectivity index (χ2n) is 4.67. The fourth-order valence-electron chi connectivity index (χ4n) is 2.02. The molecule has 0 saturated heterocycles. The Hall–Kier alpha value is -0.390. The van der Waals surface area contributed by atoms with Gasteiger partial charge >= 0.3 is 5.97 Å². The molecular formula is C13H20BrNO2S. The lowest BCUT2D eigenvalue weighted by atomic mass is 10.1. The van der Waals surface area contributed by atoms with E-state index in [-0.39, 0.29) is 6.42 Å². The predicted molar refractivity (Wildman–Crippen MR) is 79.1 cm³/mol. The minimum Gasteiger partial charge on any atom is -0.481 e. The first-order valence-corrected chi connectivity index (χ1v) is 7.80. The van der Waals surface area contributed by atoms with Gasteiger partial charge in [-0.25, -0.2) is 0 Å². The van der Waals surface area contributed by atoms with Gasteiger partial charge in [-0.3, -0.25) is 9.69 Å². The molecule has 0 aliphatic rings. The monoisotopic (exact) mass is 333 g/mol. The fourth-order valence-corrected chi connectivity index (χ4v) is 3.55. The second kappa shape index (κ2) is 7.26. The van der Waals surface area contributed by atoms with E-state index in [0.717, 1.165) is 11.0 Å². The topological polar surface area (TPSA) is 40.5 Å². The number of halogens is 1. The summed E-state index contributed by atoms with van der Waals surface area (Å²) in [5.41, 5.74) is 0. The number of carboxylic acid groups (broad SMARTS) is 1. The van der Waals surface area contributed by atoms with Gasteiger partial charge in [-0.1, -0.05) is 0 Å². The highest BCUT2D eigenvalue weighted by Crippen LogP contribution is 2.30. The van der Waals surface area contributed by atoms with E-state index in [9.17, 15) is 4.79 Å². The molecule has 0 aliphatic heterocycles. The van der Waals surface area contributed by atoms with Gasteiger partial charge in [0.15, 0.2) is 0 Å². The number of hydrogen-bond acceptors (Lipinski definition) is 3. The molecule has 1 N–H and O–H groups in total. The Bertz CT molecular complexity index is 392. The molecule has 1 atom stereocenters. The summed E-state index contributed by atoms with van der Waals surface area (Å²) in [7, 11) is 0. The SMILES string of the molecule is CC(C)N(CCCC(=O)O)C(C)c1cc(Br)cs1. The molecule has 5 heteroatoms. The summed E-state index contributed by atoms with van der Waals surface area (Å²) in [5.74, 6) is -0.717. The lowest BCUT2D eigenvalue weighted by Gasteiger charge is -2.32. The third-order valence-corrected chi connectivity index (χ3v) is 4.83. The van der Waals surface area contributed by atoms with Crippen molar-refractivity contribution in [3.8, 4) is 0 Å². The molecule has 0 aromatic carbocycles. The van der Waals surface area contributed by atoms with E-state index in [0.29, 0.717) is 18.5 Å². The Morgan fingerprint density at radius 3 is 2.61 bits per heavy atom. The molecule has 0 aliphatic carbocycles. The van der Waals surface area contributed by atoms with E-state index in [1.807, 2.05) is 0 Å².